The SMILES string of the molecule is NNC(c1cc(Br)ccc1F)C1CCOC2(CCC2)C1. The van der Waals surface area contributed by atoms with Gasteiger partial charge in [-0.3, -0.25) is 11.3 Å². The third-order valence-corrected chi connectivity index (χ3v) is 5.23. The van der Waals surface area contributed by atoms with Crippen LogP contribution in [0.1, 0.15) is 43.7 Å². The second-order valence-electron chi connectivity index (χ2n) is 5.95. The van der Waals surface area contributed by atoms with Crippen LogP contribution in [0.3, 0.4) is 0 Å². The summed E-state index contributed by atoms with van der Waals surface area (Å²) in [5.74, 6) is 5.84. The quantitative estimate of drug-likeness (QED) is 0.653. The second-order valence-corrected chi connectivity index (χ2v) is 6.86. The molecule has 0 bridgehead atoms. The first-order valence-corrected chi connectivity index (χ1v) is 7.98. The van der Waals surface area contributed by atoms with Crippen molar-refractivity contribution in [1.82, 2.24) is 5.43 Å². The predicted molar refractivity (Wildman–Crippen MR) is 79.4 cm³/mol. The van der Waals surface area contributed by atoms with Crippen molar-refractivity contribution in [2.45, 2.75) is 43.7 Å². The molecule has 1 aromatic rings. The lowest BCUT2D eigenvalue weighted by Gasteiger charge is -2.48. The molecule has 1 aliphatic heterocycles. The molecule has 1 spiro atoms. The first-order chi connectivity index (χ1) is 9.63. The first-order valence-electron chi connectivity index (χ1n) is 7.19. The fraction of sp³-hybridized carbons (Fsp3) is 0.600. The van der Waals surface area contributed by atoms with Crippen LogP contribution in [0.25, 0.3) is 0 Å². The van der Waals surface area contributed by atoms with Crippen molar-refractivity contribution in [3.63, 3.8) is 0 Å². The summed E-state index contributed by atoms with van der Waals surface area (Å²) in [6.45, 7) is 0.748. The van der Waals surface area contributed by atoms with Gasteiger partial charge in [-0.25, -0.2) is 4.39 Å². The summed E-state index contributed by atoms with van der Waals surface area (Å²) >= 11 is 3.41. The third-order valence-electron chi connectivity index (χ3n) is 4.74. The lowest BCUT2D eigenvalue weighted by atomic mass is 9.69. The van der Waals surface area contributed by atoms with E-state index in [-0.39, 0.29) is 17.5 Å². The average molecular weight is 343 g/mol. The Morgan fingerprint density at radius 1 is 1.45 bits per heavy atom. The first kappa shape index (κ1) is 14.4. The Bertz CT molecular complexity index is 493. The van der Waals surface area contributed by atoms with Crippen LogP contribution in [0.15, 0.2) is 22.7 Å². The number of hydrogen-bond acceptors (Lipinski definition) is 3. The molecule has 2 aliphatic rings. The predicted octanol–water partition coefficient (Wildman–Crippen LogP) is 3.44. The van der Waals surface area contributed by atoms with Crippen LogP contribution in [0, 0.1) is 11.7 Å². The molecule has 1 saturated carbocycles. The van der Waals surface area contributed by atoms with Gasteiger partial charge in [-0.2, -0.15) is 0 Å². The van der Waals surface area contributed by atoms with Crippen molar-refractivity contribution in [3.05, 3.63) is 34.1 Å². The number of hydrazine groups is 1. The van der Waals surface area contributed by atoms with Gasteiger partial charge in [0.15, 0.2) is 0 Å². The lowest BCUT2D eigenvalue weighted by Crippen LogP contribution is -2.48. The Kier molecular flexibility index (Phi) is 4.13. The highest BCUT2D eigenvalue weighted by atomic mass is 79.9. The highest BCUT2D eigenvalue weighted by molar-refractivity contribution is 9.10. The van der Waals surface area contributed by atoms with E-state index in [1.165, 1.54) is 12.5 Å². The van der Waals surface area contributed by atoms with Gasteiger partial charge in [0.2, 0.25) is 0 Å². The molecular formula is C15H20BrFN2O. The van der Waals surface area contributed by atoms with Crippen LogP contribution in [0.2, 0.25) is 0 Å². The molecule has 110 valence electrons. The van der Waals surface area contributed by atoms with Crippen LogP contribution in [0.4, 0.5) is 4.39 Å². The van der Waals surface area contributed by atoms with E-state index in [4.69, 9.17) is 10.6 Å². The Hall–Kier alpha value is -0.490. The average Bonchev–Trinajstić information content (AvgIpc) is 2.42. The van der Waals surface area contributed by atoms with Gasteiger partial charge in [0, 0.05) is 16.6 Å². The molecular weight excluding hydrogens is 323 g/mol. The topological polar surface area (TPSA) is 47.3 Å². The second kappa shape index (κ2) is 5.72. The summed E-state index contributed by atoms with van der Waals surface area (Å²) in [5, 5.41) is 0. The van der Waals surface area contributed by atoms with E-state index in [9.17, 15) is 4.39 Å². The Balaban J connectivity index is 1.83. The summed E-state index contributed by atoms with van der Waals surface area (Å²) in [6, 6.07) is 4.86. The summed E-state index contributed by atoms with van der Waals surface area (Å²) in [5.41, 5.74) is 3.51. The van der Waals surface area contributed by atoms with Crippen molar-refractivity contribution in [2.24, 2.45) is 11.8 Å². The van der Waals surface area contributed by atoms with Crippen LogP contribution < -0.4 is 11.3 Å². The molecule has 2 unspecified atom stereocenters. The van der Waals surface area contributed by atoms with Gasteiger partial charge in [-0.05, 0) is 56.2 Å². The van der Waals surface area contributed by atoms with Crippen molar-refractivity contribution in [3.8, 4) is 0 Å². The fourth-order valence-electron chi connectivity index (χ4n) is 3.50. The minimum Gasteiger partial charge on any atom is -0.375 e. The van der Waals surface area contributed by atoms with Crippen LogP contribution in [0.5, 0.6) is 0 Å². The van der Waals surface area contributed by atoms with Crippen molar-refractivity contribution >= 4 is 15.9 Å². The molecule has 1 saturated heterocycles. The number of rotatable bonds is 3. The number of halogens is 2. The Morgan fingerprint density at radius 2 is 2.25 bits per heavy atom. The van der Waals surface area contributed by atoms with Gasteiger partial charge < -0.3 is 4.74 Å². The van der Waals surface area contributed by atoms with Crippen LogP contribution in [-0.2, 0) is 4.74 Å². The number of ether oxygens (including phenoxy) is 1. The zero-order valence-electron chi connectivity index (χ0n) is 11.4. The molecule has 1 aliphatic carbocycles. The minimum atomic E-state index is -0.203. The molecule has 0 radical (unpaired) electrons. The maximum absolute atomic E-state index is 14.1. The molecule has 1 heterocycles. The van der Waals surface area contributed by atoms with E-state index in [1.54, 1.807) is 6.07 Å². The third kappa shape index (κ3) is 2.64. The molecule has 0 amide bonds. The molecule has 3 rings (SSSR count). The van der Waals surface area contributed by atoms with Gasteiger partial charge in [0.1, 0.15) is 5.82 Å². The van der Waals surface area contributed by atoms with Gasteiger partial charge in [-0.15, -0.1) is 0 Å². The number of benzene rings is 1. The zero-order valence-corrected chi connectivity index (χ0v) is 13.0. The van der Waals surface area contributed by atoms with Crippen molar-refractivity contribution in [2.75, 3.05) is 6.61 Å². The fourth-order valence-corrected chi connectivity index (χ4v) is 3.88. The van der Waals surface area contributed by atoms with E-state index < -0.39 is 0 Å². The van der Waals surface area contributed by atoms with Gasteiger partial charge in [-0.1, -0.05) is 15.9 Å². The maximum atomic E-state index is 14.1. The molecule has 0 aromatic heterocycles. The smallest absolute Gasteiger partial charge is 0.128 e. The van der Waals surface area contributed by atoms with E-state index >= 15 is 0 Å². The minimum absolute atomic E-state index is 0.0422. The van der Waals surface area contributed by atoms with Crippen LogP contribution >= 0.6 is 15.9 Å². The van der Waals surface area contributed by atoms with Gasteiger partial charge in [0.25, 0.3) is 0 Å². The van der Waals surface area contributed by atoms with Gasteiger partial charge in [0.05, 0.1) is 11.6 Å². The normalized spacial score (nSPS) is 26.2. The lowest BCUT2D eigenvalue weighted by molar-refractivity contribution is -0.147. The Labute approximate surface area is 127 Å². The maximum Gasteiger partial charge on any atom is 0.128 e. The Morgan fingerprint density at radius 3 is 2.90 bits per heavy atom. The molecule has 2 atom stereocenters. The van der Waals surface area contributed by atoms with Crippen molar-refractivity contribution in [1.29, 1.82) is 0 Å². The largest absolute Gasteiger partial charge is 0.375 e. The summed E-state index contributed by atoms with van der Waals surface area (Å²) in [4.78, 5) is 0. The molecule has 20 heavy (non-hydrogen) atoms. The molecule has 1 aromatic carbocycles. The summed E-state index contributed by atoms with van der Waals surface area (Å²) < 4.78 is 20.9. The molecule has 3 nitrogen and oxygen atoms in total. The summed E-state index contributed by atoms with van der Waals surface area (Å²) in [7, 11) is 0. The van der Waals surface area contributed by atoms with E-state index in [0.29, 0.717) is 11.5 Å². The summed E-state index contributed by atoms with van der Waals surface area (Å²) in [6.07, 6.45) is 5.37. The molecule has 2 fully saturated rings. The highest BCUT2D eigenvalue weighted by Crippen LogP contribution is 2.47. The monoisotopic (exact) mass is 342 g/mol. The van der Waals surface area contributed by atoms with E-state index in [1.807, 2.05) is 6.07 Å². The molecule has 5 heteroatoms. The number of nitrogens with two attached hydrogens (primary N) is 1. The highest BCUT2D eigenvalue weighted by Gasteiger charge is 2.44. The van der Waals surface area contributed by atoms with Gasteiger partial charge >= 0.3 is 0 Å². The number of nitrogens with one attached hydrogen (secondary N) is 1. The van der Waals surface area contributed by atoms with E-state index in [2.05, 4.69) is 21.4 Å². The standard InChI is InChI=1S/C15H20BrFN2O/c16-11-2-3-13(17)12(8-11)14(19-18)10-4-7-20-15(9-10)5-1-6-15/h2-3,8,10,14,19H,1,4-7,9,18H2. The molecule has 3 N–H and O–H groups in total. The van der Waals surface area contributed by atoms with Crippen LogP contribution in [-0.4, -0.2) is 12.2 Å². The van der Waals surface area contributed by atoms with Crippen molar-refractivity contribution < 1.29 is 9.13 Å². The zero-order chi connectivity index (χ0) is 14.2. The number of hydrogen-bond donors (Lipinski definition) is 2. The van der Waals surface area contributed by atoms with E-state index in [0.717, 1.165) is 36.8 Å².